The summed E-state index contributed by atoms with van der Waals surface area (Å²) in [5.41, 5.74) is 7.83. The molecular weight excluding hydrogens is 492 g/mol. The molecule has 7 aromatic rings. The molecule has 0 N–H and O–H groups in total. The van der Waals surface area contributed by atoms with Gasteiger partial charge in [0.1, 0.15) is 5.76 Å². The number of ether oxygens (including phenoxy) is 1. The van der Waals surface area contributed by atoms with Crippen LogP contribution in [0.25, 0.3) is 60.6 Å². The largest absolute Gasteiger partial charge is 0.501 e. The molecule has 2 aromatic heterocycles. The molecule has 0 aliphatic carbocycles. The summed E-state index contributed by atoms with van der Waals surface area (Å²) in [7, 11) is 1.61. The number of carbonyl (C=O) groups excluding carboxylic acids is 1. The van der Waals surface area contributed by atoms with Crippen LogP contribution in [0, 0.1) is 0 Å². The lowest BCUT2D eigenvalue weighted by Crippen LogP contribution is -2.05. The first-order chi connectivity index (χ1) is 19.6. The summed E-state index contributed by atoms with van der Waals surface area (Å²) >= 11 is 0. The molecule has 0 saturated heterocycles. The Balaban J connectivity index is 1.64. The van der Waals surface area contributed by atoms with Crippen molar-refractivity contribution in [2.24, 2.45) is 0 Å². The van der Waals surface area contributed by atoms with E-state index in [0.717, 1.165) is 39.0 Å². The molecule has 4 heteroatoms. The zero-order valence-corrected chi connectivity index (χ0v) is 22.7. The topological polar surface area (TPSA) is 36.2 Å². The number of hydrogen-bond acceptors (Lipinski definition) is 2. The van der Waals surface area contributed by atoms with Crippen LogP contribution in [0.2, 0.25) is 0 Å². The molecular formula is C36H28N2O2. The Hall–Kier alpha value is -5.09. The molecule has 194 valence electrons. The SMILES string of the molecule is CO/C(C)=C(\C(C)=O)c1cc(-n2c3ccccc3c3ccccc32)cc(-n2c3ccccc3c3ccccc32)c1. The molecule has 0 aliphatic heterocycles. The van der Waals surface area contributed by atoms with Gasteiger partial charge in [0.05, 0.1) is 34.7 Å². The number of nitrogens with zero attached hydrogens (tertiary/aromatic N) is 2. The van der Waals surface area contributed by atoms with Crippen molar-refractivity contribution in [3.8, 4) is 11.4 Å². The van der Waals surface area contributed by atoms with Crippen LogP contribution in [0.3, 0.4) is 0 Å². The summed E-state index contributed by atoms with van der Waals surface area (Å²) in [6.45, 7) is 3.45. The lowest BCUT2D eigenvalue weighted by Gasteiger charge is -2.17. The highest BCUT2D eigenvalue weighted by atomic mass is 16.5. The molecule has 7 rings (SSSR count). The molecule has 0 spiro atoms. The third-order valence-electron chi connectivity index (χ3n) is 7.88. The fourth-order valence-corrected chi connectivity index (χ4v) is 6.16. The Morgan fingerprint density at radius 3 is 1.23 bits per heavy atom. The molecule has 4 nitrogen and oxygen atoms in total. The minimum atomic E-state index is -0.0353. The molecule has 0 amide bonds. The first-order valence-electron chi connectivity index (χ1n) is 13.4. The number of aromatic nitrogens is 2. The van der Waals surface area contributed by atoms with Crippen LogP contribution in [-0.2, 0) is 9.53 Å². The highest BCUT2D eigenvalue weighted by Crippen LogP contribution is 2.37. The van der Waals surface area contributed by atoms with E-state index in [0.29, 0.717) is 11.3 Å². The fraction of sp³-hybridized carbons (Fsp3) is 0.0833. The predicted molar refractivity (Wildman–Crippen MR) is 165 cm³/mol. The van der Waals surface area contributed by atoms with Crippen LogP contribution in [0.4, 0.5) is 0 Å². The van der Waals surface area contributed by atoms with Gasteiger partial charge in [-0.1, -0.05) is 72.8 Å². The average molecular weight is 521 g/mol. The van der Waals surface area contributed by atoms with E-state index in [1.165, 1.54) is 21.5 Å². The number of methoxy groups -OCH3 is 1. The normalized spacial score (nSPS) is 12.4. The second-order valence-corrected chi connectivity index (χ2v) is 10.2. The first-order valence-corrected chi connectivity index (χ1v) is 13.4. The van der Waals surface area contributed by atoms with Crippen molar-refractivity contribution in [1.29, 1.82) is 0 Å². The van der Waals surface area contributed by atoms with Crippen LogP contribution in [0.5, 0.6) is 0 Å². The van der Waals surface area contributed by atoms with Crippen molar-refractivity contribution in [3.63, 3.8) is 0 Å². The molecule has 0 unspecified atom stereocenters. The molecule has 0 bridgehead atoms. The number of Topliss-reactive ketones (excluding diaryl/α,β-unsaturated/α-hetero) is 1. The van der Waals surface area contributed by atoms with E-state index in [-0.39, 0.29) is 5.78 Å². The van der Waals surface area contributed by atoms with E-state index in [4.69, 9.17) is 4.74 Å². The molecule has 2 heterocycles. The van der Waals surface area contributed by atoms with E-state index < -0.39 is 0 Å². The van der Waals surface area contributed by atoms with Gasteiger partial charge < -0.3 is 13.9 Å². The molecule has 0 aliphatic rings. The highest BCUT2D eigenvalue weighted by molar-refractivity contribution is 6.20. The summed E-state index contributed by atoms with van der Waals surface area (Å²) in [5.74, 6) is 0.562. The van der Waals surface area contributed by atoms with Crippen LogP contribution in [0.15, 0.2) is 121 Å². The average Bonchev–Trinajstić information content (AvgIpc) is 3.50. The standard InChI is InChI=1S/C36H28N2O2/c1-23(39)36(24(2)40-3)25-20-26(37-32-16-8-4-12-28(32)29-13-5-9-17-33(29)37)22-27(21-25)38-34-18-10-6-14-30(34)31-15-7-11-19-35(31)38/h4-22H,1-3H3/b36-24+. The Kier molecular flexibility index (Phi) is 5.56. The zero-order chi connectivity index (χ0) is 27.4. The van der Waals surface area contributed by atoms with Gasteiger partial charge in [-0.3, -0.25) is 4.79 Å². The number of rotatable bonds is 5. The summed E-state index contributed by atoms with van der Waals surface area (Å²) in [5, 5.41) is 4.77. The van der Waals surface area contributed by atoms with Gasteiger partial charge in [0, 0.05) is 32.9 Å². The van der Waals surface area contributed by atoms with Crippen molar-refractivity contribution >= 4 is 55.0 Å². The second kappa shape index (κ2) is 9.28. The van der Waals surface area contributed by atoms with Gasteiger partial charge in [-0.25, -0.2) is 0 Å². The third-order valence-corrected chi connectivity index (χ3v) is 7.88. The first kappa shape index (κ1) is 24.0. The van der Waals surface area contributed by atoms with Crippen molar-refractivity contribution in [3.05, 3.63) is 127 Å². The van der Waals surface area contributed by atoms with Gasteiger partial charge in [-0.15, -0.1) is 0 Å². The van der Waals surface area contributed by atoms with E-state index in [1.54, 1.807) is 14.0 Å². The second-order valence-electron chi connectivity index (χ2n) is 10.2. The van der Waals surface area contributed by atoms with E-state index in [2.05, 4.69) is 124 Å². The Morgan fingerprint density at radius 1 is 0.550 bits per heavy atom. The number of para-hydroxylation sites is 4. The molecule has 0 radical (unpaired) electrons. The third kappa shape index (κ3) is 3.57. The number of fused-ring (bicyclic) bond motifs is 6. The van der Waals surface area contributed by atoms with E-state index in [1.807, 2.05) is 6.92 Å². The monoisotopic (exact) mass is 520 g/mol. The van der Waals surface area contributed by atoms with Gasteiger partial charge in [0.2, 0.25) is 0 Å². The minimum absolute atomic E-state index is 0.0353. The maximum Gasteiger partial charge on any atom is 0.163 e. The van der Waals surface area contributed by atoms with Gasteiger partial charge >= 0.3 is 0 Å². The Labute approximate surface area is 232 Å². The molecule has 0 atom stereocenters. The number of ketones is 1. The van der Waals surface area contributed by atoms with Gasteiger partial charge in [0.25, 0.3) is 0 Å². The number of benzene rings is 5. The fourth-order valence-electron chi connectivity index (χ4n) is 6.16. The van der Waals surface area contributed by atoms with Crippen molar-refractivity contribution in [2.45, 2.75) is 13.8 Å². The molecule has 0 fully saturated rings. The summed E-state index contributed by atoms with van der Waals surface area (Å²) in [4.78, 5) is 13.0. The van der Waals surface area contributed by atoms with Crippen LogP contribution < -0.4 is 0 Å². The summed E-state index contributed by atoms with van der Waals surface area (Å²) in [6, 6.07) is 40.4. The van der Waals surface area contributed by atoms with Crippen molar-refractivity contribution in [1.82, 2.24) is 9.13 Å². The number of carbonyl (C=O) groups is 1. The molecule has 40 heavy (non-hydrogen) atoms. The Bertz CT molecular complexity index is 1900. The lowest BCUT2D eigenvalue weighted by molar-refractivity contribution is -0.111. The minimum Gasteiger partial charge on any atom is -0.501 e. The lowest BCUT2D eigenvalue weighted by atomic mass is 9.99. The predicted octanol–water partition coefficient (Wildman–Crippen LogP) is 8.85. The summed E-state index contributed by atoms with van der Waals surface area (Å²) < 4.78 is 10.2. The van der Waals surface area contributed by atoms with Gasteiger partial charge in [0.15, 0.2) is 5.78 Å². The van der Waals surface area contributed by atoms with Gasteiger partial charge in [-0.05, 0) is 61.9 Å². The Morgan fingerprint density at radius 2 is 0.900 bits per heavy atom. The summed E-state index contributed by atoms with van der Waals surface area (Å²) in [6.07, 6.45) is 0. The maximum absolute atomic E-state index is 13.0. The smallest absolute Gasteiger partial charge is 0.163 e. The highest BCUT2D eigenvalue weighted by Gasteiger charge is 2.20. The van der Waals surface area contributed by atoms with E-state index in [9.17, 15) is 4.79 Å². The zero-order valence-electron chi connectivity index (χ0n) is 22.7. The van der Waals surface area contributed by atoms with E-state index >= 15 is 0 Å². The van der Waals surface area contributed by atoms with Crippen LogP contribution >= 0.6 is 0 Å². The van der Waals surface area contributed by atoms with Crippen molar-refractivity contribution < 1.29 is 9.53 Å². The van der Waals surface area contributed by atoms with Gasteiger partial charge in [-0.2, -0.15) is 0 Å². The number of allylic oxidation sites excluding steroid dienone is 2. The number of hydrogen-bond donors (Lipinski definition) is 0. The van der Waals surface area contributed by atoms with Crippen LogP contribution in [-0.4, -0.2) is 22.0 Å². The molecule has 5 aromatic carbocycles. The van der Waals surface area contributed by atoms with Crippen molar-refractivity contribution in [2.75, 3.05) is 7.11 Å². The maximum atomic E-state index is 13.0. The molecule has 0 saturated carbocycles. The van der Waals surface area contributed by atoms with Crippen LogP contribution in [0.1, 0.15) is 19.4 Å². The quantitative estimate of drug-likeness (QED) is 0.168.